The molecule has 0 aliphatic rings. The lowest BCUT2D eigenvalue weighted by molar-refractivity contribution is 0.748. The summed E-state index contributed by atoms with van der Waals surface area (Å²) in [5, 5.41) is 2.86. The summed E-state index contributed by atoms with van der Waals surface area (Å²) < 4.78 is 0. The van der Waals surface area contributed by atoms with E-state index in [-0.39, 0.29) is 0 Å². The summed E-state index contributed by atoms with van der Waals surface area (Å²) >= 11 is 0. The molecule has 0 bridgehead atoms. The van der Waals surface area contributed by atoms with E-state index >= 15 is 0 Å². The summed E-state index contributed by atoms with van der Waals surface area (Å²) in [4.78, 5) is 11.9. The molecule has 80 valence electrons. The summed E-state index contributed by atoms with van der Waals surface area (Å²) in [6.07, 6.45) is 7.55. The first-order valence-corrected chi connectivity index (χ1v) is 4.72. The van der Waals surface area contributed by atoms with Crippen molar-refractivity contribution in [3.8, 4) is 12.3 Å². The Morgan fingerprint density at radius 1 is 1.40 bits per heavy atom. The fourth-order valence-corrected chi connectivity index (χ4v) is 0.838. The third-order valence-corrected chi connectivity index (χ3v) is 1.50. The zero-order chi connectivity index (χ0) is 10.9. The van der Waals surface area contributed by atoms with E-state index in [1.54, 1.807) is 0 Å². The van der Waals surface area contributed by atoms with Gasteiger partial charge in [0.05, 0.1) is 6.54 Å². The maximum atomic E-state index is 5.10. The highest BCUT2D eigenvalue weighted by Crippen LogP contribution is 1.99. The first kappa shape index (κ1) is 11.2. The van der Waals surface area contributed by atoms with E-state index in [1.165, 1.54) is 6.33 Å². The van der Waals surface area contributed by atoms with E-state index in [4.69, 9.17) is 6.42 Å². The Kier molecular flexibility index (Phi) is 4.90. The maximum Gasteiger partial charge on any atom is 0.242 e. The zero-order valence-corrected chi connectivity index (χ0v) is 8.62. The lowest BCUT2D eigenvalue weighted by Gasteiger charge is -2.06. The van der Waals surface area contributed by atoms with Gasteiger partial charge >= 0.3 is 0 Å². The lowest BCUT2D eigenvalue weighted by atomic mass is 10.5. The van der Waals surface area contributed by atoms with Gasteiger partial charge in [-0.3, -0.25) is 5.43 Å². The number of nitrogens with one attached hydrogen (secondary N) is 3. The molecule has 6 nitrogen and oxygen atoms in total. The summed E-state index contributed by atoms with van der Waals surface area (Å²) in [7, 11) is 0. The molecule has 6 heteroatoms. The monoisotopic (exact) mass is 206 g/mol. The van der Waals surface area contributed by atoms with Crippen molar-refractivity contribution in [1.82, 2.24) is 20.4 Å². The Morgan fingerprint density at radius 3 is 2.93 bits per heavy atom. The number of rotatable bonds is 6. The van der Waals surface area contributed by atoms with Crippen LogP contribution in [0.1, 0.15) is 13.3 Å². The Balaban J connectivity index is 2.47. The van der Waals surface area contributed by atoms with Crippen molar-refractivity contribution in [2.45, 2.75) is 13.3 Å². The van der Waals surface area contributed by atoms with Gasteiger partial charge in [-0.25, -0.2) is 15.4 Å². The maximum absolute atomic E-state index is 5.10. The first-order valence-electron chi connectivity index (χ1n) is 4.72. The molecule has 0 radical (unpaired) electrons. The van der Waals surface area contributed by atoms with E-state index in [0.29, 0.717) is 18.4 Å². The highest BCUT2D eigenvalue weighted by molar-refractivity contribution is 5.32. The van der Waals surface area contributed by atoms with Gasteiger partial charge in [-0.2, -0.15) is 4.98 Å². The van der Waals surface area contributed by atoms with Crippen LogP contribution in [0, 0.1) is 12.3 Å². The van der Waals surface area contributed by atoms with E-state index < -0.39 is 0 Å². The molecule has 0 aliphatic heterocycles. The molecule has 0 unspecified atom stereocenters. The van der Waals surface area contributed by atoms with Gasteiger partial charge in [0.15, 0.2) is 0 Å². The number of hydrazine groups is 1. The van der Waals surface area contributed by atoms with Crippen molar-refractivity contribution >= 4 is 11.9 Å². The molecule has 0 saturated carbocycles. The molecule has 1 rings (SSSR count). The Hall–Kier alpha value is -1.87. The van der Waals surface area contributed by atoms with Crippen molar-refractivity contribution < 1.29 is 0 Å². The van der Waals surface area contributed by atoms with Crippen molar-refractivity contribution in [2.75, 3.05) is 23.8 Å². The van der Waals surface area contributed by atoms with E-state index in [9.17, 15) is 0 Å². The highest BCUT2D eigenvalue weighted by atomic mass is 15.4. The van der Waals surface area contributed by atoms with E-state index in [2.05, 4.69) is 44.0 Å². The van der Waals surface area contributed by atoms with E-state index in [0.717, 1.165) is 13.0 Å². The van der Waals surface area contributed by atoms with Crippen molar-refractivity contribution in [3.63, 3.8) is 0 Å². The number of anilines is 2. The molecule has 0 saturated heterocycles. The molecular formula is C9H14N6. The van der Waals surface area contributed by atoms with Gasteiger partial charge in [-0.05, 0) is 6.42 Å². The molecule has 0 amide bonds. The second-order valence-electron chi connectivity index (χ2n) is 2.74. The highest BCUT2D eigenvalue weighted by Gasteiger charge is 1.97. The largest absolute Gasteiger partial charge is 0.343 e. The Morgan fingerprint density at radius 2 is 2.20 bits per heavy atom. The molecule has 15 heavy (non-hydrogen) atoms. The molecule has 1 aromatic heterocycles. The zero-order valence-electron chi connectivity index (χ0n) is 8.62. The minimum Gasteiger partial charge on any atom is -0.343 e. The van der Waals surface area contributed by atoms with Crippen molar-refractivity contribution in [2.24, 2.45) is 0 Å². The SMILES string of the molecule is C#CCNc1ncnc(NNCCC)n1. The quantitative estimate of drug-likeness (QED) is 0.352. The predicted octanol–water partition coefficient (Wildman–Crippen LogP) is 0.243. The number of terminal acetylenes is 1. The standard InChI is InChI=1S/C9H14N6/c1-3-5-10-8-11-7-12-9(14-8)15-13-6-4-2/h1,7,13H,4-6H2,2H3,(H2,10,11,12,14,15). The second-order valence-corrected chi connectivity index (χ2v) is 2.74. The molecule has 3 N–H and O–H groups in total. The molecule has 0 atom stereocenters. The van der Waals surface area contributed by atoms with Crippen molar-refractivity contribution in [1.29, 1.82) is 0 Å². The van der Waals surface area contributed by atoms with Gasteiger partial charge in [0.2, 0.25) is 11.9 Å². The minimum atomic E-state index is 0.395. The molecule has 0 spiro atoms. The fraction of sp³-hybridized carbons (Fsp3) is 0.444. The average molecular weight is 206 g/mol. The van der Waals surface area contributed by atoms with E-state index in [1.807, 2.05) is 0 Å². The van der Waals surface area contributed by atoms with Gasteiger partial charge in [0.1, 0.15) is 6.33 Å². The van der Waals surface area contributed by atoms with Crippen LogP contribution in [-0.2, 0) is 0 Å². The molecule has 1 aromatic rings. The van der Waals surface area contributed by atoms with Crippen LogP contribution in [0.2, 0.25) is 0 Å². The normalized spacial score (nSPS) is 9.33. The topological polar surface area (TPSA) is 74.8 Å². The van der Waals surface area contributed by atoms with Crippen molar-refractivity contribution in [3.05, 3.63) is 6.33 Å². The van der Waals surface area contributed by atoms with Crippen LogP contribution >= 0.6 is 0 Å². The van der Waals surface area contributed by atoms with Crippen LogP contribution in [0.3, 0.4) is 0 Å². The van der Waals surface area contributed by atoms with Crippen LogP contribution in [-0.4, -0.2) is 28.0 Å². The van der Waals surface area contributed by atoms with Crippen LogP contribution in [0.25, 0.3) is 0 Å². The first-order chi connectivity index (χ1) is 7.36. The fourth-order valence-electron chi connectivity index (χ4n) is 0.838. The van der Waals surface area contributed by atoms with Gasteiger partial charge < -0.3 is 5.32 Å². The summed E-state index contributed by atoms with van der Waals surface area (Å²) in [6, 6.07) is 0. The second kappa shape index (κ2) is 6.56. The number of nitrogens with zero attached hydrogens (tertiary/aromatic N) is 3. The number of hydrogen-bond donors (Lipinski definition) is 3. The molecule has 0 fully saturated rings. The third kappa shape index (κ3) is 4.24. The predicted molar refractivity (Wildman–Crippen MR) is 59.1 cm³/mol. The summed E-state index contributed by atoms with van der Waals surface area (Å²) in [5.41, 5.74) is 5.82. The van der Waals surface area contributed by atoms with Gasteiger partial charge in [0.25, 0.3) is 0 Å². The number of aromatic nitrogens is 3. The Labute approximate surface area is 88.9 Å². The van der Waals surface area contributed by atoms with Crippen LogP contribution in [0.4, 0.5) is 11.9 Å². The van der Waals surface area contributed by atoms with Gasteiger partial charge in [0, 0.05) is 6.54 Å². The minimum absolute atomic E-state index is 0.395. The molecule has 0 aromatic carbocycles. The summed E-state index contributed by atoms with van der Waals surface area (Å²) in [5.74, 6) is 3.37. The van der Waals surface area contributed by atoms with Crippen LogP contribution in [0.5, 0.6) is 0 Å². The smallest absolute Gasteiger partial charge is 0.242 e. The summed E-state index contributed by atoms with van der Waals surface area (Å²) in [6.45, 7) is 3.31. The molecule has 0 aliphatic carbocycles. The van der Waals surface area contributed by atoms with Crippen LogP contribution in [0.15, 0.2) is 6.33 Å². The van der Waals surface area contributed by atoms with Gasteiger partial charge in [-0.15, -0.1) is 6.42 Å². The van der Waals surface area contributed by atoms with Gasteiger partial charge in [-0.1, -0.05) is 12.8 Å². The Bertz CT molecular complexity index is 332. The molecule has 1 heterocycles. The molecular weight excluding hydrogens is 192 g/mol. The van der Waals surface area contributed by atoms with Crippen LogP contribution < -0.4 is 16.2 Å². The third-order valence-electron chi connectivity index (χ3n) is 1.50. The number of hydrogen-bond acceptors (Lipinski definition) is 6. The lowest BCUT2D eigenvalue weighted by Crippen LogP contribution is -2.24. The average Bonchev–Trinajstić information content (AvgIpc) is 2.27.